The molecule has 0 aromatic carbocycles. The largest absolute Gasteiger partial charge is 0.384 e. The molecule has 2 heterocycles. The van der Waals surface area contributed by atoms with Gasteiger partial charge >= 0.3 is 0 Å². The molecule has 1 aromatic rings. The minimum absolute atomic E-state index is 0.315. The highest BCUT2D eigenvalue weighted by Gasteiger charge is 2.27. The van der Waals surface area contributed by atoms with Gasteiger partial charge in [-0.3, -0.25) is 0 Å². The summed E-state index contributed by atoms with van der Waals surface area (Å²) in [6.07, 6.45) is 4.98. The van der Waals surface area contributed by atoms with Crippen LogP contribution in [-0.4, -0.2) is 29.2 Å². The molecule has 1 aromatic heterocycles. The first-order valence-electron chi connectivity index (χ1n) is 6.31. The highest BCUT2D eigenvalue weighted by Crippen LogP contribution is 2.38. The van der Waals surface area contributed by atoms with E-state index in [1.807, 2.05) is 0 Å². The van der Waals surface area contributed by atoms with E-state index in [0.717, 1.165) is 37.6 Å². The molecule has 3 rings (SSSR count). The van der Waals surface area contributed by atoms with Crippen LogP contribution in [0.15, 0.2) is 6.07 Å². The number of ether oxygens (including phenoxy) is 1. The van der Waals surface area contributed by atoms with Gasteiger partial charge in [0.15, 0.2) is 0 Å². The molecule has 3 N–H and O–H groups in total. The summed E-state index contributed by atoms with van der Waals surface area (Å²) in [4.78, 5) is 8.77. The molecule has 0 unspecified atom stereocenters. The fraction of sp³-hybridized carbons (Fsp3) is 0.667. The second kappa shape index (κ2) is 4.49. The van der Waals surface area contributed by atoms with Crippen molar-refractivity contribution in [2.75, 3.05) is 24.2 Å². The lowest BCUT2D eigenvalue weighted by Crippen LogP contribution is -2.19. The molecule has 5 nitrogen and oxygen atoms in total. The second-order valence-electron chi connectivity index (χ2n) is 4.83. The number of nitrogens with one attached hydrogen (secondary N) is 1. The van der Waals surface area contributed by atoms with E-state index in [2.05, 4.69) is 15.3 Å². The van der Waals surface area contributed by atoms with Crippen LogP contribution in [0.1, 0.15) is 37.4 Å². The van der Waals surface area contributed by atoms with Gasteiger partial charge < -0.3 is 15.8 Å². The number of nitrogens with zero attached hydrogens (tertiary/aromatic N) is 2. The van der Waals surface area contributed by atoms with Crippen molar-refractivity contribution in [2.24, 2.45) is 0 Å². The minimum Gasteiger partial charge on any atom is -0.384 e. The molecule has 2 aliphatic rings. The van der Waals surface area contributed by atoms with Gasteiger partial charge in [-0.15, -0.1) is 0 Å². The van der Waals surface area contributed by atoms with Gasteiger partial charge in [-0.05, 0) is 25.7 Å². The first-order chi connectivity index (χ1) is 8.31. The number of nitrogens with two attached hydrogens (primary N) is 1. The normalized spacial score (nSPS) is 23.9. The first kappa shape index (κ1) is 10.8. The Bertz CT molecular complexity index is 399. The lowest BCUT2D eigenvalue weighted by Gasteiger charge is -2.12. The standard InChI is InChI=1S/C12H18N4O/c13-10-6-11(14-7-9-2-1-5-17-9)16-12(15-10)8-3-4-8/h6,8-9H,1-5,7H2,(H3,13,14,15,16)/t9-/m1/s1. The van der Waals surface area contributed by atoms with Gasteiger partial charge in [-0.1, -0.05) is 0 Å². The zero-order valence-corrected chi connectivity index (χ0v) is 9.85. The van der Waals surface area contributed by atoms with Crippen LogP contribution in [0.5, 0.6) is 0 Å². The van der Waals surface area contributed by atoms with E-state index in [-0.39, 0.29) is 0 Å². The van der Waals surface area contributed by atoms with Crippen LogP contribution in [0, 0.1) is 0 Å². The molecule has 0 radical (unpaired) electrons. The highest BCUT2D eigenvalue weighted by molar-refractivity contribution is 5.45. The number of hydrogen-bond donors (Lipinski definition) is 2. The third-order valence-corrected chi connectivity index (χ3v) is 3.24. The maximum absolute atomic E-state index is 5.79. The maximum atomic E-state index is 5.79. The van der Waals surface area contributed by atoms with Crippen LogP contribution in [0.3, 0.4) is 0 Å². The zero-order valence-electron chi connectivity index (χ0n) is 9.85. The number of hydrogen-bond acceptors (Lipinski definition) is 5. The smallest absolute Gasteiger partial charge is 0.136 e. The summed E-state index contributed by atoms with van der Waals surface area (Å²) in [6.45, 7) is 1.69. The number of rotatable bonds is 4. The third-order valence-electron chi connectivity index (χ3n) is 3.24. The summed E-state index contributed by atoms with van der Waals surface area (Å²) in [5.41, 5.74) is 5.79. The number of anilines is 2. The molecule has 0 amide bonds. The lowest BCUT2D eigenvalue weighted by molar-refractivity contribution is 0.120. The van der Waals surface area contributed by atoms with Gasteiger partial charge in [0.05, 0.1) is 6.10 Å². The monoisotopic (exact) mass is 234 g/mol. The van der Waals surface area contributed by atoms with Gasteiger partial charge in [-0.2, -0.15) is 0 Å². The average molecular weight is 234 g/mol. The van der Waals surface area contributed by atoms with E-state index in [1.54, 1.807) is 6.07 Å². The van der Waals surface area contributed by atoms with E-state index < -0.39 is 0 Å². The Labute approximate surface area is 101 Å². The Morgan fingerprint density at radius 1 is 1.35 bits per heavy atom. The predicted octanol–water partition coefficient (Wildman–Crippen LogP) is 1.53. The molecular weight excluding hydrogens is 216 g/mol. The van der Waals surface area contributed by atoms with E-state index in [9.17, 15) is 0 Å². The summed E-state index contributed by atoms with van der Waals surface area (Å²) < 4.78 is 5.56. The van der Waals surface area contributed by atoms with Crippen LogP contribution in [0.4, 0.5) is 11.6 Å². The molecule has 1 atom stereocenters. The molecule has 0 bridgehead atoms. The molecule has 2 fully saturated rings. The Morgan fingerprint density at radius 3 is 2.94 bits per heavy atom. The number of nitrogen functional groups attached to an aromatic ring is 1. The Kier molecular flexibility index (Phi) is 2.84. The second-order valence-corrected chi connectivity index (χ2v) is 4.83. The van der Waals surface area contributed by atoms with E-state index >= 15 is 0 Å². The van der Waals surface area contributed by atoms with Crippen molar-refractivity contribution in [3.05, 3.63) is 11.9 Å². The maximum Gasteiger partial charge on any atom is 0.136 e. The van der Waals surface area contributed by atoms with Gasteiger partial charge in [0.25, 0.3) is 0 Å². The van der Waals surface area contributed by atoms with Crippen molar-refractivity contribution in [2.45, 2.75) is 37.7 Å². The van der Waals surface area contributed by atoms with Crippen molar-refractivity contribution >= 4 is 11.6 Å². The Balaban J connectivity index is 1.64. The predicted molar refractivity (Wildman–Crippen MR) is 65.9 cm³/mol. The summed E-state index contributed by atoms with van der Waals surface area (Å²) in [7, 11) is 0. The zero-order chi connectivity index (χ0) is 11.7. The molecular formula is C12H18N4O. The van der Waals surface area contributed by atoms with Crippen molar-refractivity contribution < 1.29 is 4.74 Å². The van der Waals surface area contributed by atoms with Crippen LogP contribution in [0.25, 0.3) is 0 Å². The van der Waals surface area contributed by atoms with Crippen molar-refractivity contribution in [1.82, 2.24) is 9.97 Å². The SMILES string of the molecule is Nc1cc(NC[C@H]2CCCO2)nc(C2CC2)n1. The Hall–Kier alpha value is -1.36. The molecule has 0 spiro atoms. The molecule has 1 saturated carbocycles. The number of aromatic nitrogens is 2. The fourth-order valence-corrected chi connectivity index (χ4v) is 2.12. The summed E-state index contributed by atoms with van der Waals surface area (Å²) in [5, 5.41) is 3.29. The van der Waals surface area contributed by atoms with E-state index in [1.165, 1.54) is 12.8 Å². The molecule has 5 heteroatoms. The molecule has 1 aliphatic carbocycles. The van der Waals surface area contributed by atoms with Gasteiger partial charge in [0.1, 0.15) is 17.5 Å². The minimum atomic E-state index is 0.315. The first-order valence-corrected chi connectivity index (χ1v) is 6.31. The van der Waals surface area contributed by atoms with E-state index in [4.69, 9.17) is 10.5 Å². The van der Waals surface area contributed by atoms with Crippen molar-refractivity contribution in [3.63, 3.8) is 0 Å². The lowest BCUT2D eigenvalue weighted by atomic mass is 10.2. The van der Waals surface area contributed by atoms with Crippen LogP contribution < -0.4 is 11.1 Å². The molecule has 92 valence electrons. The average Bonchev–Trinajstić information content (AvgIpc) is 3.04. The summed E-state index contributed by atoms with van der Waals surface area (Å²) in [5.74, 6) is 2.80. The quantitative estimate of drug-likeness (QED) is 0.826. The topological polar surface area (TPSA) is 73.1 Å². The van der Waals surface area contributed by atoms with Crippen LogP contribution >= 0.6 is 0 Å². The van der Waals surface area contributed by atoms with Gasteiger partial charge in [0, 0.05) is 25.1 Å². The molecule has 1 aliphatic heterocycles. The molecule has 1 saturated heterocycles. The Morgan fingerprint density at radius 2 is 2.24 bits per heavy atom. The van der Waals surface area contributed by atoms with Crippen molar-refractivity contribution in [3.8, 4) is 0 Å². The van der Waals surface area contributed by atoms with Crippen LogP contribution in [0.2, 0.25) is 0 Å². The van der Waals surface area contributed by atoms with Gasteiger partial charge in [0.2, 0.25) is 0 Å². The summed E-state index contributed by atoms with van der Waals surface area (Å²) >= 11 is 0. The highest BCUT2D eigenvalue weighted by atomic mass is 16.5. The van der Waals surface area contributed by atoms with Gasteiger partial charge in [-0.25, -0.2) is 9.97 Å². The fourth-order valence-electron chi connectivity index (χ4n) is 2.12. The van der Waals surface area contributed by atoms with Crippen molar-refractivity contribution in [1.29, 1.82) is 0 Å². The third kappa shape index (κ3) is 2.66. The summed E-state index contributed by atoms with van der Waals surface area (Å²) in [6, 6.07) is 1.79. The van der Waals surface area contributed by atoms with Crippen LogP contribution in [-0.2, 0) is 4.74 Å². The van der Waals surface area contributed by atoms with E-state index in [0.29, 0.717) is 17.8 Å². The molecule has 17 heavy (non-hydrogen) atoms.